The lowest BCUT2D eigenvalue weighted by Crippen LogP contribution is -2.28. The third-order valence-corrected chi connectivity index (χ3v) is 5.59. The number of fused-ring (bicyclic) bond motifs is 1. The van der Waals surface area contributed by atoms with Crippen LogP contribution in [0.5, 0.6) is 0 Å². The lowest BCUT2D eigenvalue weighted by Gasteiger charge is -2.17. The molecule has 0 aliphatic carbocycles. The Morgan fingerprint density at radius 3 is 2.79 bits per heavy atom. The molecule has 29 heavy (non-hydrogen) atoms. The molecule has 0 saturated heterocycles. The van der Waals surface area contributed by atoms with Crippen LogP contribution in [0.3, 0.4) is 0 Å². The summed E-state index contributed by atoms with van der Waals surface area (Å²) in [6, 6.07) is 4.92. The van der Waals surface area contributed by atoms with Gasteiger partial charge in [0.1, 0.15) is 17.2 Å². The summed E-state index contributed by atoms with van der Waals surface area (Å²) in [4.78, 5) is 32.7. The van der Waals surface area contributed by atoms with Crippen molar-refractivity contribution in [2.45, 2.75) is 44.9 Å². The summed E-state index contributed by atoms with van der Waals surface area (Å²) in [6.45, 7) is 5.70. The first-order valence-electron chi connectivity index (χ1n) is 9.25. The topological polar surface area (TPSA) is 79.8 Å². The van der Waals surface area contributed by atoms with E-state index < -0.39 is 11.6 Å². The molecule has 6 nitrogen and oxygen atoms in total. The van der Waals surface area contributed by atoms with Crippen LogP contribution in [0, 0.1) is 18.6 Å². The van der Waals surface area contributed by atoms with Crippen molar-refractivity contribution in [3.8, 4) is 0 Å². The quantitative estimate of drug-likeness (QED) is 0.451. The van der Waals surface area contributed by atoms with Crippen LogP contribution in [-0.2, 0) is 11.3 Å². The van der Waals surface area contributed by atoms with Crippen LogP contribution in [0.25, 0.3) is 11.0 Å². The first kappa shape index (κ1) is 21.0. The van der Waals surface area contributed by atoms with Crippen LogP contribution in [0.15, 0.2) is 34.2 Å². The minimum absolute atomic E-state index is 0.0145. The molecule has 2 N–H and O–H groups in total. The second-order valence-electron chi connectivity index (χ2n) is 6.84. The number of aryl methyl sites for hydroxylation is 1. The van der Waals surface area contributed by atoms with Crippen LogP contribution in [0.4, 0.5) is 8.78 Å². The molecular weight excluding hydrogens is 398 g/mol. The van der Waals surface area contributed by atoms with Crippen molar-refractivity contribution in [3.63, 3.8) is 0 Å². The number of rotatable bonds is 7. The lowest BCUT2D eigenvalue weighted by atomic mass is 10.2. The number of halogens is 2. The molecule has 0 unspecified atom stereocenters. The van der Waals surface area contributed by atoms with Crippen LogP contribution < -0.4 is 10.9 Å². The predicted molar refractivity (Wildman–Crippen MR) is 109 cm³/mol. The first-order chi connectivity index (χ1) is 13.8. The number of nitrogens with zero attached hydrogens (tertiary/aromatic N) is 2. The van der Waals surface area contributed by atoms with Gasteiger partial charge in [-0.25, -0.2) is 13.8 Å². The number of aromatic amines is 1. The van der Waals surface area contributed by atoms with Crippen LogP contribution in [-0.4, -0.2) is 26.2 Å². The Balaban J connectivity index is 1.75. The molecule has 9 heteroatoms. The largest absolute Gasteiger partial charge is 0.353 e. The van der Waals surface area contributed by atoms with E-state index in [0.717, 1.165) is 36.0 Å². The number of carbonyl (C=O) groups is 1. The maximum Gasteiger partial charge on any atom is 0.278 e. The summed E-state index contributed by atoms with van der Waals surface area (Å²) < 4.78 is 28.2. The zero-order valence-corrected chi connectivity index (χ0v) is 17.2. The van der Waals surface area contributed by atoms with E-state index in [9.17, 15) is 18.4 Å². The van der Waals surface area contributed by atoms with Gasteiger partial charge in [0, 0.05) is 29.9 Å². The second kappa shape index (κ2) is 8.77. The number of H-pyrrole nitrogens is 1. The monoisotopic (exact) mass is 420 g/mol. The van der Waals surface area contributed by atoms with E-state index in [0.29, 0.717) is 16.2 Å². The molecule has 154 valence electrons. The Morgan fingerprint density at radius 2 is 2.10 bits per heavy atom. The van der Waals surface area contributed by atoms with Crippen LogP contribution in [0.1, 0.15) is 37.6 Å². The number of aromatic nitrogens is 3. The standard InChI is InChI=1S/C20H22F2N4O2S/c1-4-12(3)26-19(28)18-16(7-11(2)24-18)25-20(26)29-10-17(27)23-9-13-5-6-14(21)8-15(13)22/h5-8,12,24H,4,9-10H2,1-3H3,(H,23,27)/t12-/m0/s1. The Bertz CT molecular complexity index is 1110. The molecule has 1 amide bonds. The Labute approximate surface area is 170 Å². The molecule has 1 aromatic carbocycles. The van der Waals surface area contributed by atoms with Crippen molar-refractivity contribution in [2.24, 2.45) is 0 Å². The molecule has 2 aromatic heterocycles. The number of carbonyl (C=O) groups excluding carboxylic acids is 1. The number of amides is 1. The first-order valence-corrected chi connectivity index (χ1v) is 10.2. The SMILES string of the molecule is CC[C@H](C)n1c(SCC(=O)NCc2ccc(F)cc2F)nc2cc(C)[nH]c2c1=O. The van der Waals surface area contributed by atoms with E-state index in [1.54, 1.807) is 10.6 Å². The van der Waals surface area contributed by atoms with Gasteiger partial charge in [-0.1, -0.05) is 24.8 Å². The highest BCUT2D eigenvalue weighted by Gasteiger charge is 2.18. The van der Waals surface area contributed by atoms with Crippen molar-refractivity contribution in [1.29, 1.82) is 0 Å². The molecule has 3 rings (SSSR count). The summed E-state index contributed by atoms with van der Waals surface area (Å²) in [5.41, 5.74) is 1.87. The van der Waals surface area contributed by atoms with E-state index in [1.807, 2.05) is 20.8 Å². The van der Waals surface area contributed by atoms with Gasteiger partial charge in [-0.3, -0.25) is 14.2 Å². The fraction of sp³-hybridized carbons (Fsp3) is 0.350. The lowest BCUT2D eigenvalue weighted by molar-refractivity contribution is -0.118. The molecular formula is C20H22F2N4O2S. The van der Waals surface area contributed by atoms with Gasteiger partial charge in [0.05, 0.1) is 11.3 Å². The third kappa shape index (κ3) is 4.67. The van der Waals surface area contributed by atoms with E-state index in [1.165, 1.54) is 6.07 Å². The van der Waals surface area contributed by atoms with Gasteiger partial charge in [0.2, 0.25) is 5.91 Å². The molecule has 0 aliphatic heterocycles. The maximum atomic E-state index is 13.7. The molecule has 3 aromatic rings. The second-order valence-corrected chi connectivity index (χ2v) is 7.78. The molecule has 0 aliphatic rings. The smallest absolute Gasteiger partial charge is 0.278 e. The molecule has 0 bridgehead atoms. The molecule has 2 heterocycles. The van der Waals surface area contributed by atoms with E-state index in [-0.39, 0.29) is 35.4 Å². The average Bonchev–Trinajstić information content (AvgIpc) is 3.05. The number of benzene rings is 1. The highest BCUT2D eigenvalue weighted by molar-refractivity contribution is 7.99. The van der Waals surface area contributed by atoms with Gasteiger partial charge in [0.15, 0.2) is 5.16 Å². The number of thioether (sulfide) groups is 1. The molecule has 0 radical (unpaired) electrons. The Hall–Kier alpha value is -2.68. The van der Waals surface area contributed by atoms with Crippen molar-refractivity contribution in [1.82, 2.24) is 19.9 Å². The highest BCUT2D eigenvalue weighted by atomic mass is 32.2. The van der Waals surface area contributed by atoms with Crippen molar-refractivity contribution in [3.05, 3.63) is 57.5 Å². The summed E-state index contributed by atoms with van der Waals surface area (Å²) in [5, 5.41) is 3.06. The van der Waals surface area contributed by atoms with Crippen LogP contribution in [0.2, 0.25) is 0 Å². The average molecular weight is 420 g/mol. The maximum absolute atomic E-state index is 13.7. The van der Waals surface area contributed by atoms with E-state index >= 15 is 0 Å². The number of hydrogen-bond donors (Lipinski definition) is 2. The Kier molecular flexibility index (Phi) is 6.36. The fourth-order valence-electron chi connectivity index (χ4n) is 2.90. The molecule has 0 saturated carbocycles. The summed E-state index contributed by atoms with van der Waals surface area (Å²) in [6.07, 6.45) is 0.733. The van der Waals surface area contributed by atoms with Crippen molar-refractivity contribution >= 4 is 28.7 Å². The molecule has 1 atom stereocenters. The zero-order valence-electron chi connectivity index (χ0n) is 16.4. The van der Waals surface area contributed by atoms with Gasteiger partial charge in [-0.05, 0) is 32.4 Å². The van der Waals surface area contributed by atoms with Crippen molar-refractivity contribution in [2.75, 3.05) is 5.75 Å². The normalized spacial score (nSPS) is 12.3. The van der Waals surface area contributed by atoms with Gasteiger partial charge < -0.3 is 10.3 Å². The molecule has 0 spiro atoms. The van der Waals surface area contributed by atoms with Gasteiger partial charge in [0.25, 0.3) is 5.56 Å². The predicted octanol–water partition coefficient (Wildman–Crippen LogP) is 3.69. The third-order valence-electron chi connectivity index (χ3n) is 4.64. The zero-order chi connectivity index (χ0) is 21.1. The number of nitrogens with one attached hydrogen (secondary N) is 2. The Morgan fingerprint density at radius 1 is 1.34 bits per heavy atom. The minimum atomic E-state index is -0.710. The number of hydrogen-bond acceptors (Lipinski definition) is 4. The van der Waals surface area contributed by atoms with Crippen LogP contribution >= 0.6 is 11.8 Å². The summed E-state index contributed by atoms with van der Waals surface area (Å²) in [5.74, 6) is -1.70. The van der Waals surface area contributed by atoms with Gasteiger partial charge >= 0.3 is 0 Å². The highest BCUT2D eigenvalue weighted by Crippen LogP contribution is 2.22. The van der Waals surface area contributed by atoms with Crippen molar-refractivity contribution < 1.29 is 13.6 Å². The molecule has 0 fully saturated rings. The van der Waals surface area contributed by atoms with E-state index in [4.69, 9.17) is 0 Å². The summed E-state index contributed by atoms with van der Waals surface area (Å²) >= 11 is 1.15. The van der Waals surface area contributed by atoms with Gasteiger partial charge in [-0.2, -0.15) is 0 Å². The van der Waals surface area contributed by atoms with Gasteiger partial charge in [-0.15, -0.1) is 0 Å². The minimum Gasteiger partial charge on any atom is -0.353 e. The van der Waals surface area contributed by atoms with E-state index in [2.05, 4.69) is 15.3 Å². The fourth-order valence-corrected chi connectivity index (χ4v) is 3.83. The summed E-state index contributed by atoms with van der Waals surface area (Å²) in [7, 11) is 0.